The number of fused-ring (bicyclic) bond motifs is 10. The van der Waals surface area contributed by atoms with Gasteiger partial charge in [0, 0.05) is 11.1 Å². The minimum atomic E-state index is -2.24. The van der Waals surface area contributed by atoms with Gasteiger partial charge >= 0.3 is 0 Å². The molecule has 47 heavy (non-hydrogen) atoms. The van der Waals surface area contributed by atoms with Gasteiger partial charge in [0.25, 0.3) is 0 Å². The zero-order valence-electron chi connectivity index (χ0n) is 33.4. The highest BCUT2D eigenvalue weighted by molar-refractivity contribution is 6.75. The minimum Gasteiger partial charge on any atom is -0.543 e. The van der Waals surface area contributed by atoms with Crippen LogP contribution in [0.4, 0.5) is 0 Å². The first-order valence-electron chi connectivity index (χ1n) is 17.6. The SMILES string of the molecule is C=C1/C=C/C/C(CO[Si](C)(C)C(C)(C)C)=C\C(O[Si](C)(C)C(C)(C)C)c2cc(OC)c(cc2O[Si](C)(C)C(C)(C)C)C/C(C)=C\CC1. The summed E-state index contributed by atoms with van der Waals surface area (Å²) in [6.45, 7) is 41.8. The Morgan fingerprint density at radius 1 is 0.809 bits per heavy atom. The third-order valence-electron chi connectivity index (χ3n) is 11.1. The maximum absolute atomic E-state index is 7.38. The molecule has 0 N–H and O–H groups in total. The van der Waals surface area contributed by atoms with E-state index in [1.165, 1.54) is 11.1 Å². The van der Waals surface area contributed by atoms with Gasteiger partial charge in [-0.25, -0.2) is 0 Å². The Kier molecular flexibility index (Phi) is 13.7. The first-order valence-corrected chi connectivity index (χ1v) is 26.3. The smallest absolute Gasteiger partial charge is 0.250 e. The van der Waals surface area contributed by atoms with Gasteiger partial charge in [0.1, 0.15) is 11.5 Å². The Labute approximate surface area is 293 Å². The zero-order valence-corrected chi connectivity index (χ0v) is 36.4. The van der Waals surface area contributed by atoms with Crippen LogP contribution in [0.5, 0.6) is 11.5 Å². The second-order valence-corrected chi connectivity index (χ2v) is 32.6. The van der Waals surface area contributed by atoms with Crippen molar-refractivity contribution in [2.45, 2.75) is 155 Å². The van der Waals surface area contributed by atoms with Crippen LogP contribution in [0.2, 0.25) is 54.4 Å². The molecule has 4 nitrogen and oxygen atoms in total. The average molecular weight is 699 g/mol. The maximum Gasteiger partial charge on any atom is 0.250 e. The molecule has 0 saturated heterocycles. The van der Waals surface area contributed by atoms with Crippen LogP contribution in [-0.4, -0.2) is 38.7 Å². The Balaban J connectivity index is 2.98. The van der Waals surface area contributed by atoms with E-state index in [0.717, 1.165) is 53.9 Å². The Hall–Kier alpha value is -1.65. The number of hydrogen-bond donors (Lipinski definition) is 0. The molecule has 1 atom stereocenters. The van der Waals surface area contributed by atoms with Crippen molar-refractivity contribution in [3.8, 4) is 11.5 Å². The van der Waals surface area contributed by atoms with Crippen molar-refractivity contribution in [1.82, 2.24) is 0 Å². The van der Waals surface area contributed by atoms with E-state index < -0.39 is 25.0 Å². The molecule has 3 rings (SSSR count). The quantitative estimate of drug-likeness (QED) is 0.200. The van der Waals surface area contributed by atoms with E-state index in [0.29, 0.717) is 6.61 Å². The first-order chi connectivity index (χ1) is 21.2. The van der Waals surface area contributed by atoms with E-state index in [9.17, 15) is 0 Å². The number of rotatable bonds is 8. The van der Waals surface area contributed by atoms with E-state index in [2.05, 4.69) is 152 Å². The molecule has 0 amide bonds. The second kappa shape index (κ2) is 15.5. The second-order valence-electron chi connectivity index (χ2n) is 18.3. The van der Waals surface area contributed by atoms with Gasteiger partial charge in [-0.1, -0.05) is 104 Å². The Morgan fingerprint density at radius 2 is 1.38 bits per heavy atom. The highest BCUT2D eigenvalue weighted by Gasteiger charge is 2.43. The normalized spacial score (nSPS) is 21.1. The van der Waals surface area contributed by atoms with Crippen molar-refractivity contribution in [3.63, 3.8) is 0 Å². The van der Waals surface area contributed by atoms with Crippen molar-refractivity contribution < 1.29 is 18.0 Å². The average Bonchev–Trinajstić information content (AvgIpc) is 2.88. The van der Waals surface area contributed by atoms with Gasteiger partial charge in [-0.05, 0) is 105 Å². The van der Waals surface area contributed by atoms with Crippen LogP contribution in [0, 0.1) is 0 Å². The summed E-state index contributed by atoms with van der Waals surface area (Å²) in [4.78, 5) is 0. The van der Waals surface area contributed by atoms with Crippen molar-refractivity contribution in [2.24, 2.45) is 0 Å². The highest BCUT2D eigenvalue weighted by atomic mass is 28.4. The molecule has 2 aliphatic rings. The highest BCUT2D eigenvalue weighted by Crippen LogP contribution is 2.46. The molecule has 7 heteroatoms. The lowest BCUT2D eigenvalue weighted by atomic mass is 9.97. The number of ether oxygens (including phenoxy) is 1. The molecule has 0 radical (unpaired) electrons. The number of allylic oxidation sites excluding steroid dienone is 5. The number of methoxy groups -OCH3 is 1. The standard InChI is InChI=1S/C40H70O4Si3/c1-30-21-19-23-31(2)25-33-27-37(44-47(17,18)40(9,10)11)34(28-35(33)41-12)36(43-46(15,16)39(6,7)8)26-32(24-20-22-30)29-42-45(13,14)38(3,4)5/h20,22-23,26-28,36H,1,19,21,24-25,29H2,2-18H3/b22-20+,31-23-,32-26+. The molecular weight excluding hydrogens is 629 g/mol. The van der Waals surface area contributed by atoms with Gasteiger partial charge < -0.3 is 18.0 Å². The largest absolute Gasteiger partial charge is 0.543 e. The lowest BCUT2D eigenvalue weighted by molar-refractivity contribution is 0.222. The molecule has 0 spiro atoms. The predicted molar refractivity (Wildman–Crippen MR) is 213 cm³/mol. The van der Waals surface area contributed by atoms with Gasteiger partial charge in [-0.15, -0.1) is 0 Å². The van der Waals surface area contributed by atoms with Crippen LogP contribution in [-0.2, 0) is 15.3 Å². The Bertz CT molecular complexity index is 1330. The molecular formula is C40H70O4Si3. The maximum atomic E-state index is 7.38. The molecule has 1 unspecified atom stereocenters. The van der Waals surface area contributed by atoms with Crippen LogP contribution < -0.4 is 9.16 Å². The predicted octanol–water partition coefficient (Wildman–Crippen LogP) is 12.9. The fourth-order valence-electron chi connectivity index (χ4n) is 4.58. The molecule has 0 aliphatic heterocycles. The van der Waals surface area contributed by atoms with Crippen LogP contribution in [0.1, 0.15) is 106 Å². The van der Waals surface area contributed by atoms with Gasteiger partial charge in [-0.3, -0.25) is 0 Å². The third-order valence-corrected chi connectivity index (χ3v) is 24.4. The van der Waals surface area contributed by atoms with Crippen LogP contribution in [0.15, 0.2) is 59.7 Å². The van der Waals surface area contributed by atoms with Crippen molar-refractivity contribution in [3.05, 3.63) is 70.9 Å². The lowest BCUT2D eigenvalue weighted by Gasteiger charge is -2.41. The van der Waals surface area contributed by atoms with Crippen molar-refractivity contribution >= 4 is 25.0 Å². The van der Waals surface area contributed by atoms with E-state index in [4.69, 9.17) is 18.0 Å². The fourth-order valence-corrected chi connectivity index (χ4v) is 7.78. The molecule has 0 aromatic heterocycles. The van der Waals surface area contributed by atoms with Gasteiger partial charge in [0.2, 0.25) is 8.32 Å². The van der Waals surface area contributed by atoms with Gasteiger partial charge in [0.15, 0.2) is 16.6 Å². The van der Waals surface area contributed by atoms with Crippen LogP contribution >= 0.6 is 0 Å². The molecule has 2 aliphatic carbocycles. The summed E-state index contributed by atoms with van der Waals surface area (Å²) in [5, 5.41) is 0.183. The summed E-state index contributed by atoms with van der Waals surface area (Å²) in [7, 11) is -4.67. The zero-order chi connectivity index (χ0) is 36.2. The summed E-state index contributed by atoms with van der Waals surface area (Å²) in [6, 6.07) is 4.45. The molecule has 266 valence electrons. The first kappa shape index (κ1) is 41.5. The summed E-state index contributed by atoms with van der Waals surface area (Å²) >= 11 is 0. The molecule has 1 aromatic carbocycles. The van der Waals surface area contributed by atoms with E-state index in [1.54, 1.807) is 7.11 Å². The molecule has 0 fully saturated rings. The van der Waals surface area contributed by atoms with Gasteiger partial charge in [-0.2, -0.15) is 0 Å². The molecule has 2 bridgehead atoms. The summed E-state index contributed by atoms with van der Waals surface area (Å²) in [6.07, 6.45) is 12.3. The topological polar surface area (TPSA) is 36.9 Å². The van der Waals surface area contributed by atoms with Crippen molar-refractivity contribution in [1.29, 1.82) is 0 Å². The van der Waals surface area contributed by atoms with Crippen LogP contribution in [0.25, 0.3) is 0 Å². The molecule has 0 saturated carbocycles. The van der Waals surface area contributed by atoms with Crippen molar-refractivity contribution in [2.75, 3.05) is 13.7 Å². The number of hydrogen-bond acceptors (Lipinski definition) is 4. The summed E-state index contributed by atoms with van der Waals surface area (Å²) in [5.74, 6) is 1.80. The summed E-state index contributed by atoms with van der Waals surface area (Å²) < 4.78 is 27.6. The van der Waals surface area contributed by atoms with E-state index in [1.807, 2.05) is 0 Å². The summed E-state index contributed by atoms with van der Waals surface area (Å²) in [5.41, 5.74) is 5.85. The minimum absolute atomic E-state index is 0.0257. The lowest BCUT2D eigenvalue weighted by Crippen LogP contribution is -2.44. The molecule has 0 heterocycles. The van der Waals surface area contributed by atoms with E-state index in [-0.39, 0.29) is 21.2 Å². The molecule has 1 aromatic rings. The van der Waals surface area contributed by atoms with E-state index >= 15 is 0 Å². The van der Waals surface area contributed by atoms with Gasteiger partial charge in [0.05, 0.1) is 19.8 Å². The third kappa shape index (κ3) is 11.4. The van der Waals surface area contributed by atoms with Crippen LogP contribution in [0.3, 0.4) is 0 Å². The Morgan fingerprint density at radius 3 is 1.91 bits per heavy atom. The monoisotopic (exact) mass is 698 g/mol. The fraction of sp³-hybridized carbons (Fsp3) is 0.650. The number of benzene rings is 1.